The Labute approximate surface area is 127 Å². The number of benzene rings is 1. The highest BCUT2D eigenvalue weighted by Gasteiger charge is 2.37. The third kappa shape index (κ3) is 4.57. The number of nitrogens with one attached hydrogen (secondary N) is 2. The normalized spacial score (nSPS) is 19.9. The highest BCUT2D eigenvalue weighted by atomic mass is 35.5. The molecule has 1 aliphatic heterocycles. The van der Waals surface area contributed by atoms with Gasteiger partial charge in [0.25, 0.3) is 0 Å². The molecule has 0 spiro atoms. The molecule has 2 N–H and O–H groups in total. The van der Waals surface area contributed by atoms with Crippen molar-refractivity contribution in [3.63, 3.8) is 0 Å². The summed E-state index contributed by atoms with van der Waals surface area (Å²) in [5.41, 5.74) is -1.14. The molecule has 21 heavy (non-hydrogen) atoms. The zero-order valence-corrected chi connectivity index (χ0v) is 12.6. The number of alkyl halides is 3. The van der Waals surface area contributed by atoms with Crippen LogP contribution in [0.5, 0.6) is 0 Å². The molecule has 1 aliphatic rings. The molecule has 0 aromatic heterocycles. The van der Waals surface area contributed by atoms with E-state index in [2.05, 4.69) is 10.0 Å². The maximum Gasteiger partial charge on any atom is 0.417 e. The molecule has 0 radical (unpaired) electrons. The first-order chi connectivity index (χ1) is 9.31. The summed E-state index contributed by atoms with van der Waals surface area (Å²) >= 11 is 0. The van der Waals surface area contributed by atoms with E-state index in [1.54, 1.807) is 0 Å². The van der Waals surface area contributed by atoms with Gasteiger partial charge in [-0.25, -0.2) is 13.1 Å². The zero-order valence-electron chi connectivity index (χ0n) is 11.0. The number of sulfonamides is 1. The fraction of sp³-hybridized carbons (Fsp3) is 0.500. The van der Waals surface area contributed by atoms with Gasteiger partial charge in [0.2, 0.25) is 10.0 Å². The van der Waals surface area contributed by atoms with Crippen LogP contribution in [0.3, 0.4) is 0 Å². The van der Waals surface area contributed by atoms with Crippen molar-refractivity contribution >= 4 is 22.4 Å². The molecule has 0 amide bonds. The Morgan fingerprint density at radius 3 is 2.48 bits per heavy atom. The van der Waals surface area contributed by atoms with Crippen LogP contribution < -0.4 is 10.0 Å². The van der Waals surface area contributed by atoms with Gasteiger partial charge in [0.1, 0.15) is 0 Å². The first-order valence-electron chi connectivity index (χ1n) is 6.20. The van der Waals surface area contributed by atoms with Gasteiger partial charge in [-0.1, -0.05) is 12.1 Å². The third-order valence-electron chi connectivity index (χ3n) is 3.10. The second-order valence-electron chi connectivity index (χ2n) is 4.66. The molecule has 1 fully saturated rings. The van der Waals surface area contributed by atoms with Crippen LogP contribution in [0.1, 0.15) is 18.4 Å². The Morgan fingerprint density at radius 2 is 1.90 bits per heavy atom. The minimum absolute atomic E-state index is 0. The van der Waals surface area contributed by atoms with E-state index in [4.69, 9.17) is 0 Å². The van der Waals surface area contributed by atoms with Gasteiger partial charge in [0.15, 0.2) is 0 Å². The van der Waals surface area contributed by atoms with Crippen molar-refractivity contribution in [2.45, 2.75) is 30.0 Å². The predicted octanol–water partition coefficient (Wildman–Crippen LogP) is 2.16. The van der Waals surface area contributed by atoms with Crippen molar-refractivity contribution < 1.29 is 21.6 Å². The molecular formula is C12H16ClF3N2O2S. The molecule has 120 valence electrons. The van der Waals surface area contributed by atoms with Gasteiger partial charge < -0.3 is 5.32 Å². The Balaban J connectivity index is 0.00000220. The van der Waals surface area contributed by atoms with E-state index in [9.17, 15) is 21.6 Å². The van der Waals surface area contributed by atoms with Crippen molar-refractivity contribution in [1.82, 2.24) is 10.0 Å². The van der Waals surface area contributed by atoms with Gasteiger partial charge in [-0.15, -0.1) is 12.4 Å². The van der Waals surface area contributed by atoms with Crippen LogP contribution in [0, 0.1) is 0 Å². The lowest BCUT2D eigenvalue weighted by atomic mass is 10.1. The van der Waals surface area contributed by atoms with Crippen LogP contribution in [0.15, 0.2) is 29.2 Å². The van der Waals surface area contributed by atoms with E-state index < -0.39 is 26.7 Å². The number of hydrogen-bond donors (Lipinski definition) is 2. The molecule has 1 aromatic carbocycles. The zero-order chi connectivity index (χ0) is 14.8. The standard InChI is InChI=1S/C12H15F3N2O2S.ClH/c13-12(14,15)10-5-1-2-6-11(10)20(18,19)17-9-4-3-7-16-8-9;/h1-2,5-6,9,16-17H,3-4,7-8H2;1H/t9-;/m0./s1. The fourth-order valence-electron chi connectivity index (χ4n) is 2.17. The second kappa shape index (κ2) is 6.95. The van der Waals surface area contributed by atoms with Crippen LogP contribution >= 0.6 is 12.4 Å². The first kappa shape index (κ1) is 18.2. The molecule has 1 saturated heterocycles. The summed E-state index contributed by atoms with van der Waals surface area (Å²) < 4.78 is 65.1. The van der Waals surface area contributed by atoms with E-state index in [-0.39, 0.29) is 18.4 Å². The smallest absolute Gasteiger partial charge is 0.315 e. The number of rotatable bonds is 3. The highest BCUT2D eigenvalue weighted by Crippen LogP contribution is 2.33. The van der Waals surface area contributed by atoms with E-state index in [0.717, 1.165) is 25.1 Å². The summed E-state index contributed by atoms with van der Waals surface area (Å²) in [4.78, 5) is -0.724. The van der Waals surface area contributed by atoms with E-state index in [1.165, 1.54) is 12.1 Å². The molecular weight excluding hydrogens is 329 g/mol. The molecule has 1 atom stereocenters. The molecule has 2 rings (SSSR count). The van der Waals surface area contributed by atoms with Crippen molar-refractivity contribution in [3.8, 4) is 0 Å². The Hall–Kier alpha value is -0.830. The second-order valence-corrected chi connectivity index (χ2v) is 6.34. The summed E-state index contributed by atoms with van der Waals surface area (Å²) in [6.45, 7) is 1.21. The van der Waals surface area contributed by atoms with E-state index in [0.29, 0.717) is 13.0 Å². The number of hydrogen-bond acceptors (Lipinski definition) is 3. The summed E-state index contributed by atoms with van der Waals surface area (Å²) in [6, 6.07) is 3.82. The summed E-state index contributed by atoms with van der Waals surface area (Å²) in [7, 11) is -4.18. The molecule has 0 unspecified atom stereocenters. The van der Waals surface area contributed by atoms with Crippen molar-refractivity contribution in [2.75, 3.05) is 13.1 Å². The lowest BCUT2D eigenvalue weighted by molar-refractivity contribution is -0.139. The molecule has 0 saturated carbocycles. The monoisotopic (exact) mass is 344 g/mol. The Bertz CT molecular complexity index is 572. The highest BCUT2D eigenvalue weighted by molar-refractivity contribution is 7.89. The summed E-state index contributed by atoms with van der Waals surface area (Å²) in [5.74, 6) is 0. The number of halogens is 4. The van der Waals surface area contributed by atoms with Gasteiger partial charge in [0, 0.05) is 12.6 Å². The molecule has 1 heterocycles. The largest absolute Gasteiger partial charge is 0.417 e. The van der Waals surface area contributed by atoms with Gasteiger partial charge in [-0.05, 0) is 31.5 Å². The van der Waals surface area contributed by atoms with E-state index >= 15 is 0 Å². The summed E-state index contributed by atoms with van der Waals surface area (Å²) in [5, 5.41) is 3.00. The molecule has 9 heteroatoms. The molecule has 1 aromatic rings. The molecule has 0 aliphatic carbocycles. The quantitative estimate of drug-likeness (QED) is 0.883. The lowest BCUT2D eigenvalue weighted by Crippen LogP contribution is -2.45. The molecule has 0 bridgehead atoms. The van der Waals surface area contributed by atoms with Crippen LogP contribution in [-0.2, 0) is 16.2 Å². The predicted molar refractivity (Wildman–Crippen MR) is 74.9 cm³/mol. The van der Waals surface area contributed by atoms with Crippen LogP contribution in [-0.4, -0.2) is 27.5 Å². The maximum atomic E-state index is 12.9. The Kier molecular flexibility index (Phi) is 6.03. The van der Waals surface area contributed by atoms with Gasteiger partial charge in [-0.3, -0.25) is 0 Å². The lowest BCUT2D eigenvalue weighted by Gasteiger charge is -2.24. The van der Waals surface area contributed by atoms with Crippen molar-refractivity contribution in [3.05, 3.63) is 29.8 Å². The van der Waals surface area contributed by atoms with E-state index in [1.807, 2.05) is 0 Å². The van der Waals surface area contributed by atoms with Gasteiger partial charge in [0.05, 0.1) is 10.5 Å². The van der Waals surface area contributed by atoms with Crippen molar-refractivity contribution in [1.29, 1.82) is 0 Å². The fourth-order valence-corrected chi connectivity index (χ4v) is 3.67. The molecule has 4 nitrogen and oxygen atoms in total. The Morgan fingerprint density at radius 1 is 1.24 bits per heavy atom. The third-order valence-corrected chi connectivity index (χ3v) is 4.68. The SMILES string of the molecule is Cl.O=S(=O)(N[C@H]1CCCNC1)c1ccccc1C(F)(F)F. The number of piperidine rings is 1. The van der Waals surface area contributed by atoms with Crippen LogP contribution in [0.2, 0.25) is 0 Å². The van der Waals surface area contributed by atoms with Gasteiger partial charge in [-0.2, -0.15) is 13.2 Å². The maximum absolute atomic E-state index is 12.9. The first-order valence-corrected chi connectivity index (χ1v) is 7.68. The van der Waals surface area contributed by atoms with Crippen molar-refractivity contribution in [2.24, 2.45) is 0 Å². The van der Waals surface area contributed by atoms with Crippen LogP contribution in [0.25, 0.3) is 0 Å². The topological polar surface area (TPSA) is 58.2 Å². The minimum atomic E-state index is -4.70. The average molecular weight is 345 g/mol. The summed E-state index contributed by atoms with van der Waals surface area (Å²) in [6.07, 6.45) is -3.30. The van der Waals surface area contributed by atoms with Crippen LogP contribution in [0.4, 0.5) is 13.2 Å². The van der Waals surface area contributed by atoms with Gasteiger partial charge >= 0.3 is 6.18 Å². The average Bonchev–Trinajstić information content (AvgIpc) is 2.38. The minimum Gasteiger partial charge on any atom is -0.315 e.